The number of hydrogen-bond acceptors (Lipinski definition) is 5. The minimum atomic E-state index is -4.42. The molecule has 0 saturated carbocycles. The second-order valence-electron chi connectivity index (χ2n) is 5.13. The van der Waals surface area contributed by atoms with E-state index >= 15 is 0 Å². The zero-order valence-corrected chi connectivity index (χ0v) is 13.0. The molecular formula is C15H15F3N4O2. The van der Waals surface area contributed by atoms with Gasteiger partial charge in [-0.05, 0) is 24.6 Å². The minimum absolute atomic E-state index is 0.0825. The summed E-state index contributed by atoms with van der Waals surface area (Å²) in [7, 11) is 1.59. The van der Waals surface area contributed by atoms with Crippen LogP contribution in [0.3, 0.4) is 0 Å². The molecule has 0 radical (unpaired) electrons. The first kappa shape index (κ1) is 17.6. The Bertz CT molecular complexity index is 708. The Balaban J connectivity index is 2.02. The fourth-order valence-corrected chi connectivity index (χ4v) is 1.97. The number of ether oxygens (including phenoxy) is 1. The highest BCUT2D eigenvalue weighted by Gasteiger charge is 2.29. The molecule has 0 saturated heterocycles. The first-order valence-electron chi connectivity index (χ1n) is 6.93. The largest absolute Gasteiger partial charge is 0.468 e. The van der Waals surface area contributed by atoms with E-state index in [1.54, 1.807) is 20.0 Å². The molecule has 0 aliphatic rings. The van der Waals surface area contributed by atoms with E-state index in [9.17, 15) is 18.0 Å². The van der Waals surface area contributed by atoms with Gasteiger partial charge in [-0.3, -0.25) is 4.79 Å². The molecule has 0 aliphatic heterocycles. The molecule has 9 heteroatoms. The number of pyridine rings is 1. The van der Waals surface area contributed by atoms with Gasteiger partial charge in [0.15, 0.2) is 6.61 Å². The van der Waals surface area contributed by atoms with E-state index in [2.05, 4.69) is 19.7 Å². The molecule has 2 aromatic heterocycles. The third-order valence-corrected chi connectivity index (χ3v) is 3.03. The highest BCUT2D eigenvalue weighted by molar-refractivity contribution is 5.91. The zero-order valence-electron chi connectivity index (χ0n) is 13.0. The number of rotatable bonds is 5. The number of nitrogens with zero attached hydrogens (tertiary/aromatic N) is 4. The van der Waals surface area contributed by atoms with Gasteiger partial charge in [0.05, 0.1) is 0 Å². The number of carbonyl (C=O) groups is 1. The maximum absolute atomic E-state index is 12.2. The van der Waals surface area contributed by atoms with E-state index in [4.69, 9.17) is 0 Å². The second-order valence-corrected chi connectivity index (χ2v) is 5.13. The van der Waals surface area contributed by atoms with Crippen LogP contribution < -0.4 is 4.74 Å². The van der Waals surface area contributed by atoms with Crippen molar-refractivity contribution in [3.8, 4) is 5.88 Å². The fourth-order valence-electron chi connectivity index (χ4n) is 1.97. The van der Waals surface area contributed by atoms with E-state index in [1.165, 1.54) is 29.7 Å². The normalized spacial score (nSPS) is 11.2. The van der Waals surface area contributed by atoms with Gasteiger partial charge in [-0.25, -0.2) is 15.0 Å². The summed E-state index contributed by atoms with van der Waals surface area (Å²) in [6, 6.07) is 3.12. The molecule has 0 atom stereocenters. The molecule has 0 N–H and O–H groups in total. The smallest absolute Gasteiger partial charge is 0.422 e. The first-order chi connectivity index (χ1) is 11.3. The number of aromatic nitrogens is 3. The van der Waals surface area contributed by atoms with Crippen LogP contribution in [0.2, 0.25) is 0 Å². The van der Waals surface area contributed by atoms with Crippen molar-refractivity contribution in [3.05, 3.63) is 47.7 Å². The summed E-state index contributed by atoms with van der Waals surface area (Å²) in [5.74, 6) is -0.381. The molecule has 2 heterocycles. The molecule has 128 valence electrons. The van der Waals surface area contributed by atoms with E-state index in [0.717, 1.165) is 0 Å². The lowest BCUT2D eigenvalue weighted by atomic mass is 10.2. The van der Waals surface area contributed by atoms with Crippen molar-refractivity contribution in [2.45, 2.75) is 19.6 Å². The molecular weight excluding hydrogens is 325 g/mol. The van der Waals surface area contributed by atoms with Crippen molar-refractivity contribution in [2.24, 2.45) is 0 Å². The topological polar surface area (TPSA) is 68.2 Å². The van der Waals surface area contributed by atoms with Crippen LogP contribution in [0.25, 0.3) is 0 Å². The number of halogens is 3. The molecule has 24 heavy (non-hydrogen) atoms. The number of alkyl halides is 3. The third kappa shape index (κ3) is 4.90. The van der Waals surface area contributed by atoms with Crippen LogP contribution in [0.5, 0.6) is 5.88 Å². The summed E-state index contributed by atoms with van der Waals surface area (Å²) in [4.78, 5) is 25.1. The zero-order chi connectivity index (χ0) is 17.7. The Hall–Kier alpha value is -2.71. The number of hydrogen-bond donors (Lipinski definition) is 0. The lowest BCUT2D eigenvalue weighted by molar-refractivity contribution is -0.154. The lowest BCUT2D eigenvalue weighted by Gasteiger charge is -2.17. The van der Waals surface area contributed by atoms with Crippen LogP contribution >= 0.6 is 0 Å². The maximum atomic E-state index is 12.2. The van der Waals surface area contributed by atoms with E-state index in [1.807, 2.05) is 0 Å². The predicted octanol–water partition coefficient (Wildman–Crippen LogP) is 2.39. The highest BCUT2D eigenvalue weighted by atomic mass is 19.4. The molecule has 0 spiro atoms. The van der Waals surface area contributed by atoms with Gasteiger partial charge in [0.1, 0.15) is 12.0 Å². The summed E-state index contributed by atoms with van der Waals surface area (Å²) in [6.07, 6.45) is -0.300. The second kappa shape index (κ2) is 7.24. The molecule has 0 aromatic carbocycles. The SMILES string of the molecule is Cc1cc(CN(C)C(=O)c2ccncn2)cnc1OCC(F)(F)F. The standard InChI is InChI=1S/C15H15F3N4O2/c1-10-5-11(6-20-13(10)24-8-15(16,17)18)7-22(2)14(23)12-3-4-19-9-21-12/h3-6,9H,7-8H2,1-2H3. The van der Waals surface area contributed by atoms with Crippen LogP contribution in [0.1, 0.15) is 21.6 Å². The van der Waals surface area contributed by atoms with Crippen molar-refractivity contribution >= 4 is 5.91 Å². The average Bonchev–Trinajstić information content (AvgIpc) is 2.53. The molecule has 6 nitrogen and oxygen atoms in total. The summed E-state index contributed by atoms with van der Waals surface area (Å²) in [6.45, 7) is 0.428. The molecule has 0 bridgehead atoms. The minimum Gasteiger partial charge on any atom is -0.468 e. The molecule has 2 aromatic rings. The van der Waals surface area contributed by atoms with Gasteiger partial charge in [-0.15, -0.1) is 0 Å². The van der Waals surface area contributed by atoms with Gasteiger partial charge < -0.3 is 9.64 Å². The van der Waals surface area contributed by atoms with E-state index in [0.29, 0.717) is 11.1 Å². The Morgan fingerprint density at radius 3 is 2.67 bits per heavy atom. The monoisotopic (exact) mass is 340 g/mol. The van der Waals surface area contributed by atoms with Gasteiger partial charge in [-0.1, -0.05) is 0 Å². The quantitative estimate of drug-likeness (QED) is 0.836. The molecule has 1 amide bonds. The Morgan fingerprint density at radius 1 is 1.33 bits per heavy atom. The molecule has 2 rings (SSSR count). The molecule has 0 aliphatic carbocycles. The Labute approximate surface area is 136 Å². The van der Waals surface area contributed by atoms with Gasteiger partial charge in [0, 0.05) is 31.5 Å². The van der Waals surface area contributed by atoms with Crippen LogP contribution in [0.4, 0.5) is 13.2 Å². The van der Waals surface area contributed by atoms with Crippen molar-refractivity contribution in [1.82, 2.24) is 19.9 Å². The summed E-state index contributed by atoms with van der Waals surface area (Å²) >= 11 is 0. The predicted molar refractivity (Wildman–Crippen MR) is 78.4 cm³/mol. The van der Waals surface area contributed by atoms with Gasteiger partial charge in [-0.2, -0.15) is 13.2 Å². The van der Waals surface area contributed by atoms with E-state index in [-0.39, 0.29) is 24.0 Å². The number of aryl methyl sites for hydroxylation is 1. The fraction of sp³-hybridized carbons (Fsp3) is 0.333. The maximum Gasteiger partial charge on any atom is 0.422 e. The Morgan fingerprint density at radius 2 is 2.08 bits per heavy atom. The van der Waals surface area contributed by atoms with Crippen LogP contribution in [0.15, 0.2) is 30.9 Å². The number of carbonyl (C=O) groups excluding carboxylic acids is 1. The summed E-state index contributed by atoms with van der Waals surface area (Å²) < 4.78 is 41.1. The summed E-state index contributed by atoms with van der Waals surface area (Å²) in [5.41, 5.74) is 1.37. The summed E-state index contributed by atoms with van der Waals surface area (Å²) in [5, 5.41) is 0. The van der Waals surface area contributed by atoms with Gasteiger partial charge in [0.25, 0.3) is 5.91 Å². The van der Waals surface area contributed by atoms with Crippen LogP contribution in [-0.4, -0.2) is 45.6 Å². The van der Waals surface area contributed by atoms with Crippen LogP contribution in [-0.2, 0) is 6.54 Å². The average molecular weight is 340 g/mol. The van der Waals surface area contributed by atoms with Crippen molar-refractivity contribution in [1.29, 1.82) is 0 Å². The number of amides is 1. The first-order valence-corrected chi connectivity index (χ1v) is 6.93. The van der Waals surface area contributed by atoms with Gasteiger partial charge >= 0.3 is 6.18 Å². The lowest BCUT2D eigenvalue weighted by Crippen LogP contribution is -2.27. The van der Waals surface area contributed by atoms with Crippen molar-refractivity contribution in [2.75, 3.05) is 13.7 Å². The highest BCUT2D eigenvalue weighted by Crippen LogP contribution is 2.20. The van der Waals surface area contributed by atoms with E-state index < -0.39 is 12.8 Å². The van der Waals surface area contributed by atoms with Gasteiger partial charge in [0.2, 0.25) is 5.88 Å². The molecule has 0 fully saturated rings. The van der Waals surface area contributed by atoms with Crippen molar-refractivity contribution < 1.29 is 22.7 Å². The van der Waals surface area contributed by atoms with Crippen LogP contribution in [0, 0.1) is 6.92 Å². The molecule has 0 unspecified atom stereocenters. The Kier molecular flexibility index (Phi) is 5.32. The third-order valence-electron chi connectivity index (χ3n) is 3.03. The van der Waals surface area contributed by atoms with Crippen molar-refractivity contribution in [3.63, 3.8) is 0 Å².